The molecule has 0 amide bonds. The number of hydrogen-bond donors (Lipinski definition) is 1. The summed E-state index contributed by atoms with van der Waals surface area (Å²) in [5, 5.41) is 0. The quantitative estimate of drug-likeness (QED) is 0.529. The number of alkyl halides is 3. The predicted molar refractivity (Wildman–Crippen MR) is 90.8 cm³/mol. The Balaban J connectivity index is 2.38. The molecule has 1 N–H and O–H groups in total. The molecular formula is C16H9F4N3O3S. The van der Waals surface area contributed by atoms with Crippen LogP contribution in [0.2, 0.25) is 0 Å². The summed E-state index contributed by atoms with van der Waals surface area (Å²) in [5.74, 6) is 1.19. The molecule has 0 bridgehead atoms. The number of rotatable bonds is 2. The number of halogens is 4. The molecule has 3 aromatic rings. The minimum Gasteiger partial charge on any atom is -0.302 e. The number of H-pyrrole nitrogens is 1. The number of terminal acetylenes is 1. The smallest absolute Gasteiger partial charge is 0.302 e. The number of nitrogens with zero attached hydrogens (tertiary/aromatic N) is 2. The maximum atomic E-state index is 14.5. The molecule has 1 aromatic carbocycles. The van der Waals surface area contributed by atoms with E-state index in [1.165, 1.54) is 0 Å². The van der Waals surface area contributed by atoms with Crippen molar-refractivity contribution < 1.29 is 17.6 Å². The zero-order chi connectivity index (χ0) is 20.1. The minimum atomic E-state index is -4.95. The molecule has 0 radical (unpaired) electrons. The predicted octanol–water partition coefficient (Wildman–Crippen LogP) is 2.00. The van der Waals surface area contributed by atoms with Gasteiger partial charge in [-0.25, -0.2) is 13.8 Å². The van der Waals surface area contributed by atoms with Gasteiger partial charge in [-0.15, -0.1) is 6.42 Å². The van der Waals surface area contributed by atoms with E-state index in [4.69, 9.17) is 6.42 Å². The van der Waals surface area contributed by atoms with Crippen LogP contribution in [0.3, 0.4) is 0 Å². The van der Waals surface area contributed by atoms with Crippen LogP contribution in [0, 0.1) is 25.1 Å². The molecule has 0 aliphatic heterocycles. The zero-order valence-electron chi connectivity index (χ0n) is 13.5. The Morgan fingerprint density at radius 2 is 1.93 bits per heavy atom. The lowest BCUT2D eigenvalue weighted by atomic mass is 10.2. The van der Waals surface area contributed by atoms with Crippen molar-refractivity contribution in [3.63, 3.8) is 0 Å². The molecule has 6 nitrogen and oxygen atoms in total. The highest BCUT2D eigenvalue weighted by Crippen LogP contribution is 2.28. The van der Waals surface area contributed by atoms with E-state index in [1.54, 1.807) is 4.98 Å². The van der Waals surface area contributed by atoms with Crippen molar-refractivity contribution in [2.75, 3.05) is 0 Å². The van der Waals surface area contributed by atoms with Gasteiger partial charge in [0.2, 0.25) is 0 Å². The fourth-order valence-electron chi connectivity index (χ4n) is 2.61. The second-order valence-corrected chi connectivity index (χ2v) is 6.49. The summed E-state index contributed by atoms with van der Waals surface area (Å²) in [4.78, 5) is 37.5. The van der Waals surface area contributed by atoms with Crippen LogP contribution in [0.1, 0.15) is 11.3 Å². The molecule has 0 aliphatic rings. The Bertz CT molecular complexity index is 1290. The average Bonchev–Trinajstić information content (AvgIpc) is 2.85. The summed E-state index contributed by atoms with van der Waals surface area (Å²) in [5.41, 5.74) is -5.53. The first kappa shape index (κ1) is 18.7. The van der Waals surface area contributed by atoms with E-state index in [9.17, 15) is 31.9 Å². The topological polar surface area (TPSA) is 76.9 Å². The standard InChI is InChI=1S/C16H9F4N3O3S/c1-3-4-22-10-6-9(8(17)5-11(10)27-15(22)26)23-13(24)7(2)12(16(18,19)20)21-14(23)25/h1,5-6H,4H2,2H3,(H,21,25). The Kier molecular flexibility index (Phi) is 4.31. The zero-order valence-corrected chi connectivity index (χ0v) is 14.3. The number of thiazole rings is 1. The highest BCUT2D eigenvalue weighted by atomic mass is 32.1. The van der Waals surface area contributed by atoms with E-state index in [2.05, 4.69) is 5.92 Å². The molecule has 3 rings (SSSR count). The van der Waals surface area contributed by atoms with E-state index < -0.39 is 45.1 Å². The number of fused-ring (bicyclic) bond motifs is 1. The van der Waals surface area contributed by atoms with Crippen molar-refractivity contribution in [3.8, 4) is 18.0 Å². The Labute approximate surface area is 151 Å². The first-order valence-corrected chi connectivity index (χ1v) is 8.07. The molecule has 0 saturated carbocycles. The summed E-state index contributed by atoms with van der Waals surface area (Å²) in [6.07, 6.45) is 0.235. The molecule has 27 heavy (non-hydrogen) atoms. The Hall–Kier alpha value is -3.13. The lowest BCUT2D eigenvalue weighted by Crippen LogP contribution is -2.38. The van der Waals surface area contributed by atoms with Crippen molar-refractivity contribution >= 4 is 21.6 Å². The number of aromatic amines is 1. The van der Waals surface area contributed by atoms with Crippen molar-refractivity contribution in [2.24, 2.45) is 0 Å². The molecule has 2 heterocycles. The van der Waals surface area contributed by atoms with Crippen molar-refractivity contribution in [2.45, 2.75) is 19.6 Å². The minimum absolute atomic E-state index is 0.138. The normalized spacial score (nSPS) is 11.7. The van der Waals surface area contributed by atoms with Crippen LogP contribution in [0.25, 0.3) is 15.9 Å². The van der Waals surface area contributed by atoms with Gasteiger partial charge in [0.15, 0.2) is 0 Å². The van der Waals surface area contributed by atoms with E-state index in [0.29, 0.717) is 11.3 Å². The van der Waals surface area contributed by atoms with E-state index in [-0.39, 0.29) is 21.3 Å². The lowest BCUT2D eigenvalue weighted by Gasteiger charge is -2.13. The first-order valence-electron chi connectivity index (χ1n) is 7.26. The first-order chi connectivity index (χ1) is 12.6. The van der Waals surface area contributed by atoms with Crippen LogP contribution < -0.4 is 16.1 Å². The van der Waals surface area contributed by atoms with Gasteiger partial charge in [0.05, 0.1) is 22.4 Å². The van der Waals surface area contributed by atoms with Gasteiger partial charge in [0, 0.05) is 5.56 Å². The van der Waals surface area contributed by atoms with Crippen LogP contribution in [-0.4, -0.2) is 14.1 Å². The summed E-state index contributed by atoms with van der Waals surface area (Å²) >= 11 is 0.704. The lowest BCUT2D eigenvalue weighted by molar-refractivity contribution is -0.142. The van der Waals surface area contributed by atoms with Gasteiger partial charge in [-0.2, -0.15) is 13.2 Å². The van der Waals surface area contributed by atoms with Crippen molar-refractivity contribution in [1.29, 1.82) is 0 Å². The summed E-state index contributed by atoms with van der Waals surface area (Å²) in [6.45, 7) is 0.730. The molecule has 0 unspecified atom stereocenters. The third-order valence-electron chi connectivity index (χ3n) is 3.84. The maximum absolute atomic E-state index is 14.5. The largest absolute Gasteiger partial charge is 0.431 e. The summed E-state index contributed by atoms with van der Waals surface area (Å²) in [7, 11) is 0. The fraction of sp³-hybridized carbons (Fsp3) is 0.188. The third kappa shape index (κ3) is 2.97. The number of aromatic nitrogens is 3. The molecular weight excluding hydrogens is 390 g/mol. The molecule has 2 aromatic heterocycles. The van der Waals surface area contributed by atoms with Gasteiger partial charge in [-0.1, -0.05) is 17.3 Å². The van der Waals surface area contributed by atoms with Gasteiger partial charge in [0.25, 0.3) is 5.56 Å². The maximum Gasteiger partial charge on any atom is 0.431 e. The second kappa shape index (κ2) is 6.24. The molecule has 0 fully saturated rings. The third-order valence-corrected chi connectivity index (χ3v) is 4.79. The molecule has 0 atom stereocenters. The number of nitrogens with one attached hydrogen (secondary N) is 1. The molecule has 0 spiro atoms. The van der Waals surface area contributed by atoms with Gasteiger partial charge in [-0.05, 0) is 19.1 Å². The molecule has 140 valence electrons. The highest BCUT2D eigenvalue weighted by Gasteiger charge is 2.36. The number of benzene rings is 1. The van der Waals surface area contributed by atoms with Gasteiger partial charge in [0.1, 0.15) is 11.5 Å². The van der Waals surface area contributed by atoms with E-state index >= 15 is 0 Å². The fourth-order valence-corrected chi connectivity index (χ4v) is 3.51. The van der Waals surface area contributed by atoms with Crippen molar-refractivity contribution in [3.05, 3.63) is 59.7 Å². The Morgan fingerprint density at radius 3 is 2.52 bits per heavy atom. The average molecular weight is 399 g/mol. The van der Waals surface area contributed by atoms with Gasteiger partial charge in [-0.3, -0.25) is 14.2 Å². The van der Waals surface area contributed by atoms with E-state index in [1.807, 2.05) is 0 Å². The van der Waals surface area contributed by atoms with Crippen molar-refractivity contribution in [1.82, 2.24) is 14.1 Å². The second-order valence-electron chi connectivity index (χ2n) is 5.50. The van der Waals surface area contributed by atoms with Crippen LogP contribution in [-0.2, 0) is 12.7 Å². The Morgan fingerprint density at radius 1 is 1.26 bits per heavy atom. The van der Waals surface area contributed by atoms with Crippen LogP contribution in [0.15, 0.2) is 26.5 Å². The summed E-state index contributed by atoms with van der Waals surface area (Å²) in [6, 6.07) is 1.95. The van der Waals surface area contributed by atoms with Crippen LogP contribution >= 0.6 is 11.3 Å². The van der Waals surface area contributed by atoms with Gasteiger partial charge >= 0.3 is 16.7 Å². The molecule has 0 aliphatic carbocycles. The van der Waals surface area contributed by atoms with Crippen LogP contribution in [0.4, 0.5) is 17.6 Å². The summed E-state index contributed by atoms with van der Waals surface area (Å²) < 4.78 is 54.8. The van der Waals surface area contributed by atoms with E-state index in [0.717, 1.165) is 23.6 Å². The van der Waals surface area contributed by atoms with Crippen LogP contribution in [0.5, 0.6) is 0 Å². The molecule has 0 saturated heterocycles. The monoisotopic (exact) mass is 399 g/mol. The number of hydrogen-bond acceptors (Lipinski definition) is 4. The molecule has 11 heteroatoms. The highest BCUT2D eigenvalue weighted by molar-refractivity contribution is 7.16. The SMILES string of the molecule is C#CCn1c(=O)sc2cc(F)c(-n3c(=O)[nH]c(C(F)(F)F)c(C)c3=O)cc21. The van der Waals surface area contributed by atoms with Gasteiger partial charge < -0.3 is 4.98 Å².